The summed E-state index contributed by atoms with van der Waals surface area (Å²) >= 11 is 5.54. The molecule has 0 radical (unpaired) electrons. The summed E-state index contributed by atoms with van der Waals surface area (Å²) in [7, 11) is 1.00. The predicted molar refractivity (Wildman–Crippen MR) is 244 cm³/mol. The number of fused-ring (bicyclic) bond motifs is 1. The molecule has 2 aliphatic rings. The molecule has 1 unspecified atom stereocenters. The number of aromatic nitrogens is 1. The lowest BCUT2D eigenvalue weighted by molar-refractivity contribution is -0.118. The van der Waals surface area contributed by atoms with Crippen molar-refractivity contribution < 1.29 is 23.8 Å². The molecule has 12 nitrogen and oxygen atoms in total. The molecule has 1 aromatic heterocycles. The van der Waals surface area contributed by atoms with Gasteiger partial charge in [-0.25, -0.2) is 9.37 Å². The highest BCUT2D eigenvalue weighted by Gasteiger charge is 2.21. The number of piperidine rings is 1. The number of aliphatic hydroxyl groups excluding tert-OH is 1. The molecular formula is C46H58ClFN8O4. The van der Waals surface area contributed by atoms with Gasteiger partial charge in [0, 0.05) is 92.7 Å². The number of ether oxygens (including phenoxy) is 1. The largest absolute Gasteiger partial charge is 0.400 e. The van der Waals surface area contributed by atoms with Crippen LogP contribution in [0, 0.1) is 11.2 Å². The van der Waals surface area contributed by atoms with Crippen LogP contribution < -0.4 is 31.9 Å². The first kappa shape index (κ1) is 48.3. The van der Waals surface area contributed by atoms with Crippen molar-refractivity contribution in [2.75, 3.05) is 68.2 Å². The van der Waals surface area contributed by atoms with E-state index in [2.05, 4.69) is 37.6 Å². The van der Waals surface area contributed by atoms with Gasteiger partial charge in [-0.3, -0.25) is 9.59 Å². The van der Waals surface area contributed by atoms with E-state index in [1.165, 1.54) is 11.8 Å². The SMILES string of the molecule is CC.CO.Clc1ccccc1.Fc1cccc(N2CCCC(Nc3cc(N4CCOCC4)ccn3)C2)c1.N=C/C(C(=O)NCCC(N)=O)=C(\N)c1cccc2ccccc12. The Morgan fingerprint density at radius 3 is 2.23 bits per heavy atom. The van der Waals surface area contributed by atoms with Gasteiger partial charge in [-0.05, 0) is 60.0 Å². The quantitative estimate of drug-likeness (QED) is 0.0623. The number of rotatable bonds is 10. The number of amides is 2. The Hall–Kier alpha value is -6.02. The fourth-order valence-corrected chi connectivity index (χ4v) is 6.55. The Bertz CT molecular complexity index is 2090. The summed E-state index contributed by atoms with van der Waals surface area (Å²) in [6, 6.07) is 34.0. The number of nitrogens with one attached hydrogen (secondary N) is 3. The molecule has 2 fully saturated rings. The third-order valence-corrected chi connectivity index (χ3v) is 9.47. The van der Waals surface area contributed by atoms with Crippen LogP contribution in [0.5, 0.6) is 0 Å². The summed E-state index contributed by atoms with van der Waals surface area (Å²) in [6.07, 6.45) is 4.98. The van der Waals surface area contributed by atoms with Crippen LogP contribution in [0.25, 0.3) is 16.5 Å². The normalized spacial score (nSPS) is 14.7. The van der Waals surface area contributed by atoms with Gasteiger partial charge in [-0.15, -0.1) is 0 Å². The molecule has 8 N–H and O–H groups in total. The Balaban J connectivity index is 0.000000259. The highest BCUT2D eigenvalue weighted by molar-refractivity contribution is 6.30. The maximum absolute atomic E-state index is 13.5. The Morgan fingerprint density at radius 2 is 1.57 bits per heavy atom. The number of nitrogens with two attached hydrogens (primary N) is 2. The average Bonchev–Trinajstić information content (AvgIpc) is 3.29. The molecule has 0 spiro atoms. The number of primary amides is 1. The Kier molecular flexibility index (Phi) is 21.7. The topological polar surface area (TPSA) is 183 Å². The van der Waals surface area contributed by atoms with Crippen LogP contribution in [-0.4, -0.2) is 87.2 Å². The van der Waals surface area contributed by atoms with Gasteiger partial charge in [0.05, 0.1) is 24.5 Å². The number of nitrogens with zero attached hydrogens (tertiary/aromatic N) is 3. The second kappa shape index (κ2) is 26.9. The van der Waals surface area contributed by atoms with Crippen molar-refractivity contribution in [2.24, 2.45) is 11.5 Å². The molecule has 7 rings (SSSR count). The van der Waals surface area contributed by atoms with Gasteiger partial charge in [-0.1, -0.05) is 92.2 Å². The predicted octanol–water partition coefficient (Wildman–Crippen LogP) is 7.26. The Labute approximate surface area is 357 Å². The lowest BCUT2D eigenvalue weighted by Crippen LogP contribution is -2.42. The van der Waals surface area contributed by atoms with Crippen molar-refractivity contribution in [3.8, 4) is 0 Å². The van der Waals surface area contributed by atoms with E-state index >= 15 is 0 Å². The number of pyridine rings is 1. The maximum Gasteiger partial charge on any atom is 0.254 e. The molecule has 2 saturated heterocycles. The van der Waals surface area contributed by atoms with Crippen molar-refractivity contribution in [3.63, 3.8) is 0 Å². The molecule has 4 aromatic carbocycles. The fraction of sp³-hybridized carbons (Fsp3) is 0.304. The smallest absolute Gasteiger partial charge is 0.254 e. The molecule has 1 atom stereocenters. The van der Waals surface area contributed by atoms with Crippen LogP contribution in [0.2, 0.25) is 5.02 Å². The third kappa shape index (κ3) is 15.6. The second-order valence-electron chi connectivity index (χ2n) is 13.2. The zero-order valence-corrected chi connectivity index (χ0v) is 35.4. The summed E-state index contributed by atoms with van der Waals surface area (Å²) in [6.45, 7) is 9.30. The molecule has 2 aliphatic heterocycles. The first-order valence-corrected chi connectivity index (χ1v) is 20.4. The lowest BCUT2D eigenvalue weighted by atomic mass is 9.99. The number of carbonyl (C=O) groups is 2. The number of hydrogen-bond acceptors (Lipinski definition) is 10. The van der Waals surface area contributed by atoms with Crippen molar-refractivity contribution in [1.29, 1.82) is 5.41 Å². The molecule has 14 heteroatoms. The van der Waals surface area contributed by atoms with Gasteiger partial charge in [0.1, 0.15) is 11.6 Å². The monoisotopic (exact) mass is 840 g/mol. The summed E-state index contributed by atoms with van der Waals surface area (Å²) in [4.78, 5) is 31.9. The molecular weight excluding hydrogens is 783 g/mol. The van der Waals surface area contributed by atoms with E-state index in [9.17, 15) is 14.0 Å². The summed E-state index contributed by atoms with van der Waals surface area (Å²) in [5, 5.41) is 23.3. The van der Waals surface area contributed by atoms with Crippen LogP contribution in [-0.2, 0) is 14.3 Å². The zero-order chi connectivity index (χ0) is 43.7. The van der Waals surface area contributed by atoms with Gasteiger partial charge in [-0.2, -0.15) is 0 Å². The number of morpholine rings is 1. The zero-order valence-electron chi connectivity index (χ0n) is 34.6. The van der Waals surface area contributed by atoms with Crippen LogP contribution >= 0.6 is 11.6 Å². The number of anilines is 3. The average molecular weight is 841 g/mol. The van der Waals surface area contributed by atoms with Gasteiger partial charge in [0.15, 0.2) is 0 Å². The highest BCUT2D eigenvalue weighted by atomic mass is 35.5. The number of aliphatic hydroxyl groups is 1. The minimum absolute atomic E-state index is 0.0329. The molecule has 3 heterocycles. The first-order valence-electron chi connectivity index (χ1n) is 20.0. The van der Waals surface area contributed by atoms with Crippen molar-refractivity contribution in [3.05, 3.63) is 137 Å². The summed E-state index contributed by atoms with van der Waals surface area (Å²) in [5.74, 6) is -0.295. The Morgan fingerprint density at radius 1 is 0.900 bits per heavy atom. The minimum atomic E-state index is -0.508. The molecule has 5 aromatic rings. The van der Waals surface area contributed by atoms with Crippen molar-refractivity contribution in [2.45, 2.75) is 39.2 Å². The second-order valence-corrected chi connectivity index (χ2v) is 13.6. The fourth-order valence-electron chi connectivity index (χ4n) is 6.41. The van der Waals surface area contributed by atoms with Crippen molar-refractivity contribution >= 4 is 63.3 Å². The number of benzene rings is 4. The first-order chi connectivity index (χ1) is 29.2. The van der Waals surface area contributed by atoms with Gasteiger partial charge >= 0.3 is 0 Å². The van der Waals surface area contributed by atoms with Gasteiger partial charge < -0.3 is 47.2 Å². The third-order valence-electron chi connectivity index (χ3n) is 9.22. The number of carbonyl (C=O) groups excluding carboxylic acids is 2. The van der Waals surface area contributed by atoms with Crippen molar-refractivity contribution in [1.82, 2.24) is 10.3 Å². The molecule has 0 aliphatic carbocycles. The van der Waals surface area contributed by atoms with Gasteiger partial charge in [0.25, 0.3) is 5.91 Å². The summed E-state index contributed by atoms with van der Waals surface area (Å²) < 4.78 is 19.0. The highest BCUT2D eigenvalue weighted by Crippen LogP contribution is 2.26. The van der Waals surface area contributed by atoms with E-state index in [1.807, 2.05) is 92.8 Å². The van der Waals surface area contributed by atoms with E-state index in [1.54, 1.807) is 18.2 Å². The van der Waals surface area contributed by atoms with Crippen LogP contribution in [0.4, 0.5) is 21.6 Å². The van der Waals surface area contributed by atoms with E-state index in [0.29, 0.717) is 11.6 Å². The molecule has 0 saturated carbocycles. The number of hydrogen-bond donors (Lipinski definition) is 6. The van der Waals surface area contributed by atoms with E-state index in [4.69, 9.17) is 38.3 Å². The minimum Gasteiger partial charge on any atom is -0.400 e. The standard InChI is InChI=1S/C20H25FN4O.C17H18N4O2.C6H5Cl.C2H6.CH4O/c21-16-3-1-5-18(13-16)25-8-2-4-17(15-25)23-20-14-19(6-7-22-20)24-9-11-26-12-10-24;18-10-14(17(23)21-9-8-15(19)22)16(20)13-7-3-5-11-4-1-2-6-12(11)13;7-6-4-2-1-3-5-6;2*1-2/h1,3,5-7,13-14,17H,2,4,8-12,15H2,(H,22,23);1-7,10,18H,8-9,20H2,(H2,19,22)(H,21,23);1-5H;1-2H3;2H,1H3/b;16-14+,18-10?;;;. The van der Waals surface area contributed by atoms with Crippen LogP contribution in [0.15, 0.2) is 121 Å². The van der Waals surface area contributed by atoms with E-state index in [0.717, 1.165) is 92.9 Å². The molecule has 2 amide bonds. The van der Waals surface area contributed by atoms with Gasteiger partial charge in [0.2, 0.25) is 5.91 Å². The molecule has 60 heavy (non-hydrogen) atoms. The number of halogens is 2. The van der Waals surface area contributed by atoms with Crippen LogP contribution in [0.3, 0.4) is 0 Å². The maximum atomic E-state index is 13.5. The molecule has 320 valence electrons. The molecule has 0 bridgehead atoms. The van der Waals surface area contributed by atoms with E-state index < -0.39 is 11.8 Å². The van der Waals surface area contributed by atoms with E-state index in [-0.39, 0.29) is 30.1 Å². The summed E-state index contributed by atoms with van der Waals surface area (Å²) in [5.41, 5.74) is 14.2. The van der Waals surface area contributed by atoms with Crippen LogP contribution in [0.1, 0.15) is 38.7 Å². The lowest BCUT2D eigenvalue weighted by Gasteiger charge is -2.35.